The Morgan fingerprint density at radius 1 is 1.36 bits per heavy atom. The van der Waals surface area contributed by atoms with Gasteiger partial charge in [0.05, 0.1) is 18.2 Å². The number of hydrogen-bond donors (Lipinski definition) is 1. The molecule has 80 valence electrons. The van der Waals surface area contributed by atoms with Crippen LogP contribution in [0.5, 0.6) is 0 Å². The molecule has 4 nitrogen and oxygen atoms in total. The average Bonchev–Trinajstić information content (AvgIpc) is 2.13. The van der Waals surface area contributed by atoms with Gasteiger partial charge in [-0.25, -0.2) is 0 Å². The summed E-state index contributed by atoms with van der Waals surface area (Å²) in [4.78, 5) is 13.3. The summed E-state index contributed by atoms with van der Waals surface area (Å²) >= 11 is 0. The van der Waals surface area contributed by atoms with E-state index in [1.807, 2.05) is 13.8 Å². The molecule has 2 unspecified atom stereocenters. The lowest BCUT2D eigenvalue weighted by Crippen LogP contribution is -2.48. The van der Waals surface area contributed by atoms with Gasteiger partial charge < -0.3 is 5.32 Å². The number of amides is 1. The SMILES string of the molecule is CC(C)NC(=O)C(C)N(C)C(C)C#N. The third-order valence-electron chi connectivity index (χ3n) is 2.22. The Labute approximate surface area is 85.9 Å². The van der Waals surface area contributed by atoms with Gasteiger partial charge in [-0.2, -0.15) is 5.26 Å². The zero-order chi connectivity index (χ0) is 11.3. The summed E-state index contributed by atoms with van der Waals surface area (Å²) in [6.45, 7) is 7.40. The van der Waals surface area contributed by atoms with E-state index in [9.17, 15) is 4.79 Å². The molecule has 4 heteroatoms. The van der Waals surface area contributed by atoms with Crippen molar-refractivity contribution >= 4 is 5.91 Å². The molecular formula is C10H19N3O. The van der Waals surface area contributed by atoms with Gasteiger partial charge in [-0.15, -0.1) is 0 Å². The standard InChI is InChI=1S/C10H19N3O/c1-7(2)12-10(14)9(4)13(5)8(3)6-11/h7-9H,1-5H3,(H,12,14). The zero-order valence-corrected chi connectivity index (χ0v) is 9.53. The highest BCUT2D eigenvalue weighted by Gasteiger charge is 2.21. The monoisotopic (exact) mass is 197 g/mol. The van der Waals surface area contributed by atoms with Gasteiger partial charge in [-0.3, -0.25) is 9.69 Å². The van der Waals surface area contributed by atoms with Gasteiger partial charge >= 0.3 is 0 Å². The van der Waals surface area contributed by atoms with Crippen LogP contribution < -0.4 is 5.32 Å². The molecule has 0 bridgehead atoms. The normalized spacial score (nSPS) is 15.0. The van der Waals surface area contributed by atoms with Gasteiger partial charge in [0.1, 0.15) is 0 Å². The fourth-order valence-corrected chi connectivity index (χ4v) is 1.02. The van der Waals surface area contributed by atoms with E-state index in [-0.39, 0.29) is 24.0 Å². The molecule has 2 atom stereocenters. The first kappa shape index (κ1) is 12.9. The van der Waals surface area contributed by atoms with Crippen LogP contribution in [0.15, 0.2) is 0 Å². The highest BCUT2D eigenvalue weighted by atomic mass is 16.2. The molecule has 0 saturated carbocycles. The van der Waals surface area contributed by atoms with Gasteiger partial charge in [0.25, 0.3) is 0 Å². The smallest absolute Gasteiger partial charge is 0.237 e. The molecule has 0 aliphatic heterocycles. The first-order chi connectivity index (χ1) is 6.40. The van der Waals surface area contributed by atoms with Crippen molar-refractivity contribution in [3.05, 3.63) is 0 Å². The van der Waals surface area contributed by atoms with Crippen molar-refractivity contribution in [2.75, 3.05) is 7.05 Å². The minimum absolute atomic E-state index is 0.0374. The van der Waals surface area contributed by atoms with Gasteiger partial charge in [-0.1, -0.05) is 0 Å². The Hall–Kier alpha value is -1.08. The van der Waals surface area contributed by atoms with E-state index in [2.05, 4.69) is 11.4 Å². The van der Waals surface area contributed by atoms with Crippen LogP contribution in [0, 0.1) is 11.3 Å². The predicted molar refractivity (Wildman–Crippen MR) is 55.6 cm³/mol. The van der Waals surface area contributed by atoms with Crippen LogP contribution >= 0.6 is 0 Å². The number of nitriles is 1. The van der Waals surface area contributed by atoms with Crippen molar-refractivity contribution in [2.45, 2.75) is 45.8 Å². The predicted octanol–water partition coefficient (Wildman–Crippen LogP) is 0.743. The Kier molecular flexibility index (Phi) is 5.18. The molecule has 0 aromatic heterocycles. The third kappa shape index (κ3) is 3.75. The maximum absolute atomic E-state index is 11.6. The largest absolute Gasteiger partial charge is 0.353 e. The van der Waals surface area contributed by atoms with Crippen LogP contribution in [-0.2, 0) is 4.79 Å². The molecule has 0 heterocycles. The second kappa shape index (κ2) is 5.61. The summed E-state index contributed by atoms with van der Waals surface area (Å²) in [5.41, 5.74) is 0. The molecule has 0 aliphatic carbocycles. The van der Waals surface area contributed by atoms with Crippen molar-refractivity contribution in [1.82, 2.24) is 10.2 Å². The lowest BCUT2D eigenvalue weighted by molar-refractivity contribution is -0.126. The second-order valence-corrected chi connectivity index (χ2v) is 3.81. The molecule has 0 aliphatic rings. The van der Waals surface area contributed by atoms with Crippen molar-refractivity contribution < 1.29 is 4.79 Å². The average molecular weight is 197 g/mol. The van der Waals surface area contributed by atoms with E-state index < -0.39 is 0 Å². The summed E-state index contributed by atoms with van der Waals surface area (Å²) in [6, 6.07) is 1.72. The van der Waals surface area contributed by atoms with Gasteiger partial charge in [0.2, 0.25) is 5.91 Å². The summed E-state index contributed by atoms with van der Waals surface area (Å²) in [6.07, 6.45) is 0. The molecule has 0 aromatic rings. The van der Waals surface area contributed by atoms with E-state index in [1.165, 1.54) is 0 Å². The third-order valence-corrected chi connectivity index (χ3v) is 2.22. The fraction of sp³-hybridized carbons (Fsp3) is 0.800. The Balaban J connectivity index is 4.25. The maximum Gasteiger partial charge on any atom is 0.237 e. The van der Waals surface area contributed by atoms with Crippen molar-refractivity contribution in [2.24, 2.45) is 0 Å². The van der Waals surface area contributed by atoms with Crippen LogP contribution in [0.3, 0.4) is 0 Å². The highest BCUT2D eigenvalue weighted by molar-refractivity contribution is 5.81. The van der Waals surface area contributed by atoms with Crippen molar-refractivity contribution in [3.8, 4) is 6.07 Å². The molecule has 0 aromatic carbocycles. The topological polar surface area (TPSA) is 56.1 Å². The number of nitrogens with one attached hydrogen (secondary N) is 1. The first-order valence-electron chi connectivity index (χ1n) is 4.82. The van der Waals surface area contributed by atoms with E-state index in [0.29, 0.717) is 0 Å². The minimum atomic E-state index is -0.271. The molecule has 0 spiro atoms. The van der Waals surface area contributed by atoms with Crippen LogP contribution in [0.4, 0.5) is 0 Å². The van der Waals surface area contributed by atoms with Crippen molar-refractivity contribution in [3.63, 3.8) is 0 Å². The molecule has 0 radical (unpaired) electrons. The molecule has 0 saturated heterocycles. The first-order valence-corrected chi connectivity index (χ1v) is 4.82. The summed E-state index contributed by atoms with van der Waals surface area (Å²) < 4.78 is 0. The van der Waals surface area contributed by atoms with E-state index in [0.717, 1.165) is 0 Å². The second-order valence-electron chi connectivity index (χ2n) is 3.81. The highest BCUT2D eigenvalue weighted by Crippen LogP contribution is 2.01. The zero-order valence-electron chi connectivity index (χ0n) is 9.53. The van der Waals surface area contributed by atoms with E-state index in [1.54, 1.807) is 25.8 Å². The fourth-order valence-electron chi connectivity index (χ4n) is 1.02. The number of rotatable bonds is 4. The maximum atomic E-state index is 11.6. The summed E-state index contributed by atoms with van der Waals surface area (Å²) in [7, 11) is 1.78. The van der Waals surface area contributed by atoms with Crippen LogP contribution in [0.2, 0.25) is 0 Å². The Bertz CT molecular complexity index is 232. The summed E-state index contributed by atoms with van der Waals surface area (Å²) in [5.74, 6) is -0.0374. The number of likely N-dealkylation sites (N-methyl/N-ethyl adjacent to an activating group) is 1. The lowest BCUT2D eigenvalue weighted by Gasteiger charge is -2.26. The number of carbonyl (C=O) groups is 1. The molecule has 1 N–H and O–H groups in total. The lowest BCUT2D eigenvalue weighted by atomic mass is 10.2. The number of nitrogens with zero attached hydrogens (tertiary/aromatic N) is 2. The van der Waals surface area contributed by atoms with Crippen LogP contribution in [0.25, 0.3) is 0 Å². The molecule has 0 rings (SSSR count). The van der Waals surface area contributed by atoms with E-state index >= 15 is 0 Å². The molecular weight excluding hydrogens is 178 g/mol. The van der Waals surface area contributed by atoms with Gasteiger partial charge in [-0.05, 0) is 34.7 Å². The van der Waals surface area contributed by atoms with E-state index in [4.69, 9.17) is 5.26 Å². The summed E-state index contributed by atoms with van der Waals surface area (Å²) in [5, 5.41) is 11.5. The Morgan fingerprint density at radius 2 is 1.86 bits per heavy atom. The van der Waals surface area contributed by atoms with Crippen molar-refractivity contribution in [1.29, 1.82) is 5.26 Å². The van der Waals surface area contributed by atoms with Crippen LogP contribution in [0.1, 0.15) is 27.7 Å². The molecule has 0 fully saturated rings. The number of carbonyl (C=O) groups excluding carboxylic acids is 1. The Morgan fingerprint density at radius 3 is 2.21 bits per heavy atom. The molecule has 14 heavy (non-hydrogen) atoms. The minimum Gasteiger partial charge on any atom is -0.353 e. The number of hydrogen-bond acceptors (Lipinski definition) is 3. The van der Waals surface area contributed by atoms with Gasteiger partial charge in [0, 0.05) is 6.04 Å². The van der Waals surface area contributed by atoms with Gasteiger partial charge in [0.15, 0.2) is 0 Å². The van der Waals surface area contributed by atoms with Crippen LogP contribution in [-0.4, -0.2) is 36.0 Å². The quantitative estimate of drug-likeness (QED) is 0.723. The molecule has 1 amide bonds.